The number of methoxy groups -OCH3 is 1. The van der Waals surface area contributed by atoms with E-state index in [4.69, 9.17) is 0 Å². The number of nitrogens with zero attached hydrogens (tertiary/aromatic N) is 2. The molecular formula is C10H14N2O4S2. The van der Waals surface area contributed by atoms with Gasteiger partial charge in [-0.25, -0.2) is 18.2 Å². The highest BCUT2D eigenvalue weighted by Gasteiger charge is 2.32. The zero-order chi connectivity index (χ0) is 13.2. The summed E-state index contributed by atoms with van der Waals surface area (Å²) in [4.78, 5) is 15.3. The van der Waals surface area contributed by atoms with Gasteiger partial charge < -0.3 is 4.74 Å². The topological polar surface area (TPSA) is 76.6 Å². The summed E-state index contributed by atoms with van der Waals surface area (Å²) in [7, 11) is -2.41. The molecule has 1 aliphatic rings. The molecule has 100 valence electrons. The predicted octanol–water partition coefficient (Wildman–Crippen LogP) is 1.10. The lowest BCUT2D eigenvalue weighted by molar-refractivity contribution is 0.0590. The van der Waals surface area contributed by atoms with Gasteiger partial charge in [-0.2, -0.15) is 4.31 Å². The van der Waals surface area contributed by atoms with Crippen molar-refractivity contribution in [3.05, 3.63) is 11.2 Å². The van der Waals surface area contributed by atoms with Crippen LogP contribution < -0.4 is 0 Å². The van der Waals surface area contributed by atoms with Crippen LogP contribution in [0.2, 0.25) is 0 Å². The molecule has 0 saturated carbocycles. The SMILES string of the molecule is COC(=O)c1ncsc1S(=O)(=O)N1CCCCC1. The molecule has 1 aromatic rings. The van der Waals surface area contributed by atoms with E-state index in [0.29, 0.717) is 13.1 Å². The van der Waals surface area contributed by atoms with E-state index < -0.39 is 16.0 Å². The van der Waals surface area contributed by atoms with Crippen LogP contribution in [0.4, 0.5) is 0 Å². The Bertz CT molecular complexity index is 532. The quantitative estimate of drug-likeness (QED) is 0.779. The highest BCUT2D eigenvalue weighted by molar-refractivity contribution is 7.91. The third-order valence-electron chi connectivity index (χ3n) is 2.80. The van der Waals surface area contributed by atoms with Crippen LogP contribution in [0.1, 0.15) is 29.8 Å². The maximum atomic E-state index is 12.4. The van der Waals surface area contributed by atoms with E-state index in [1.807, 2.05) is 0 Å². The fraction of sp³-hybridized carbons (Fsp3) is 0.600. The highest BCUT2D eigenvalue weighted by Crippen LogP contribution is 2.26. The first-order valence-corrected chi connectivity index (χ1v) is 7.91. The predicted molar refractivity (Wildman–Crippen MR) is 66.1 cm³/mol. The van der Waals surface area contributed by atoms with Crippen molar-refractivity contribution in [3.63, 3.8) is 0 Å². The molecule has 2 rings (SSSR count). The summed E-state index contributed by atoms with van der Waals surface area (Å²) in [5.41, 5.74) is 1.23. The summed E-state index contributed by atoms with van der Waals surface area (Å²) in [6.45, 7) is 1.00. The van der Waals surface area contributed by atoms with Crippen molar-refractivity contribution in [3.8, 4) is 0 Å². The number of rotatable bonds is 3. The van der Waals surface area contributed by atoms with Gasteiger partial charge in [0.25, 0.3) is 10.0 Å². The van der Waals surface area contributed by atoms with Crippen LogP contribution in [0.25, 0.3) is 0 Å². The molecule has 0 bridgehead atoms. The van der Waals surface area contributed by atoms with Crippen LogP contribution in [0.15, 0.2) is 9.72 Å². The van der Waals surface area contributed by atoms with E-state index >= 15 is 0 Å². The van der Waals surface area contributed by atoms with E-state index in [1.54, 1.807) is 0 Å². The number of esters is 1. The third kappa shape index (κ3) is 2.40. The minimum Gasteiger partial charge on any atom is -0.464 e. The number of piperidine rings is 1. The first-order chi connectivity index (χ1) is 8.57. The number of thiazole rings is 1. The van der Waals surface area contributed by atoms with E-state index in [9.17, 15) is 13.2 Å². The minimum absolute atomic E-state index is 0.0174. The fourth-order valence-corrected chi connectivity index (χ4v) is 4.66. The second-order valence-corrected chi connectivity index (χ2v) is 6.93. The van der Waals surface area contributed by atoms with Gasteiger partial charge in [-0.1, -0.05) is 6.42 Å². The van der Waals surface area contributed by atoms with Crippen LogP contribution in [-0.2, 0) is 14.8 Å². The van der Waals surface area contributed by atoms with Gasteiger partial charge in [0, 0.05) is 13.1 Å². The summed E-state index contributed by atoms with van der Waals surface area (Å²) < 4.78 is 30.7. The normalized spacial score (nSPS) is 17.6. The monoisotopic (exact) mass is 290 g/mol. The zero-order valence-electron chi connectivity index (χ0n) is 9.96. The Morgan fingerprint density at radius 2 is 2.06 bits per heavy atom. The number of carbonyl (C=O) groups is 1. The summed E-state index contributed by atoms with van der Waals surface area (Å²) in [5.74, 6) is -0.716. The average molecular weight is 290 g/mol. The van der Waals surface area contributed by atoms with E-state index in [2.05, 4.69) is 9.72 Å². The van der Waals surface area contributed by atoms with Crippen molar-refractivity contribution in [2.24, 2.45) is 0 Å². The lowest BCUT2D eigenvalue weighted by Crippen LogP contribution is -2.35. The molecule has 1 fully saturated rings. The number of carbonyl (C=O) groups excluding carboxylic acids is 1. The smallest absolute Gasteiger partial charge is 0.358 e. The molecule has 6 nitrogen and oxygen atoms in total. The molecule has 0 aliphatic carbocycles. The van der Waals surface area contributed by atoms with Crippen molar-refractivity contribution >= 4 is 27.3 Å². The molecule has 0 radical (unpaired) electrons. The van der Waals surface area contributed by atoms with Gasteiger partial charge >= 0.3 is 5.97 Å². The molecule has 18 heavy (non-hydrogen) atoms. The lowest BCUT2D eigenvalue weighted by atomic mass is 10.2. The molecule has 0 N–H and O–H groups in total. The molecule has 1 aliphatic heterocycles. The van der Waals surface area contributed by atoms with Gasteiger partial charge in [0.05, 0.1) is 12.6 Å². The minimum atomic E-state index is -3.62. The lowest BCUT2D eigenvalue weighted by Gasteiger charge is -2.25. The van der Waals surface area contributed by atoms with Crippen molar-refractivity contribution in [1.29, 1.82) is 0 Å². The Morgan fingerprint density at radius 3 is 2.67 bits per heavy atom. The van der Waals surface area contributed by atoms with Crippen LogP contribution in [0.3, 0.4) is 0 Å². The van der Waals surface area contributed by atoms with Crippen LogP contribution in [0, 0.1) is 0 Å². The molecule has 2 heterocycles. The Kier molecular flexibility index (Phi) is 3.98. The van der Waals surface area contributed by atoms with Gasteiger partial charge in [0.1, 0.15) is 0 Å². The molecule has 1 saturated heterocycles. The molecule has 0 unspecified atom stereocenters. The molecule has 0 atom stereocenters. The van der Waals surface area contributed by atoms with Crippen LogP contribution in [0.5, 0.6) is 0 Å². The second-order valence-electron chi connectivity index (χ2n) is 3.94. The second kappa shape index (κ2) is 5.33. The number of sulfonamides is 1. The van der Waals surface area contributed by atoms with Gasteiger partial charge in [-0.3, -0.25) is 0 Å². The van der Waals surface area contributed by atoms with Gasteiger partial charge in [0.2, 0.25) is 0 Å². The van der Waals surface area contributed by atoms with Crippen LogP contribution >= 0.6 is 11.3 Å². The molecule has 0 aromatic carbocycles. The molecule has 8 heteroatoms. The first-order valence-electron chi connectivity index (χ1n) is 5.59. The Labute approximate surface area is 110 Å². The zero-order valence-corrected chi connectivity index (χ0v) is 11.6. The Hall–Kier alpha value is -0.990. The number of ether oxygens (including phenoxy) is 1. The van der Waals surface area contributed by atoms with Gasteiger partial charge in [0.15, 0.2) is 9.90 Å². The number of hydrogen-bond donors (Lipinski definition) is 0. The van der Waals surface area contributed by atoms with Crippen molar-refractivity contribution in [1.82, 2.24) is 9.29 Å². The molecule has 0 amide bonds. The summed E-state index contributed by atoms with van der Waals surface area (Å²) >= 11 is 0.952. The van der Waals surface area contributed by atoms with Gasteiger partial charge in [-0.05, 0) is 12.8 Å². The fourth-order valence-electron chi connectivity index (χ4n) is 1.87. The molecular weight excluding hydrogens is 276 g/mol. The van der Waals surface area contributed by atoms with Gasteiger partial charge in [-0.15, -0.1) is 11.3 Å². The number of hydrogen-bond acceptors (Lipinski definition) is 6. The third-order valence-corrected chi connectivity index (χ3v) is 6.05. The number of aromatic nitrogens is 1. The highest BCUT2D eigenvalue weighted by atomic mass is 32.2. The Balaban J connectivity index is 2.35. The summed E-state index contributed by atoms with van der Waals surface area (Å²) in [5, 5.41) is 0. The molecule has 1 aromatic heterocycles. The van der Waals surface area contributed by atoms with Crippen molar-refractivity contribution < 1.29 is 17.9 Å². The largest absolute Gasteiger partial charge is 0.464 e. The average Bonchev–Trinajstić information content (AvgIpc) is 2.89. The van der Waals surface area contributed by atoms with E-state index in [1.165, 1.54) is 16.9 Å². The first kappa shape index (κ1) is 13.4. The standard InChI is InChI=1S/C10H14N2O4S2/c1-16-9(13)8-10(17-7-11-8)18(14,15)12-5-3-2-4-6-12/h7H,2-6H2,1H3. The molecule has 0 spiro atoms. The summed E-state index contributed by atoms with van der Waals surface area (Å²) in [6.07, 6.45) is 2.75. The van der Waals surface area contributed by atoms with Crippen LogP contribution in [-0.4, -0.2) is 43.9 Å². The van der Waals surface area contributed by atoms with Crippen molar-refractivity contribution in [2.45, 2.75) is 23.5 Å². The maximum Gasteiger partial charge on any atom is 0.358 e. The van der Waals surface area contributed by atoms with Crippen molar-refractivity contribution in [2.75, 3.05) is 20.2 Å². The maximum absolute atomic E-state index is 12.4. The summed E-state index contributed by atoms with van der Waals surface area (Å²) in [6, 6.07) is 0. The Morgan fingerprint density at radius 1 is 1.39 bits per heavy atom. The van der Waals surface area contributed by atoms with E-state index in [-0.39, 0.29) is 9.90 Å². The van der Waals surface area contributed by atoms with E-state index in [0.717, 1.165) is 30.6 Å².